The summed E-state index contributed by atoms with van der Waals surface area (Å²) in [7, 11) is -0.739. The van der Waals surface area contributed by atoms with Gasteiger partial charge in [-0.2, -0.15) is 0 Å². The van der Waals surface area contributed by atoms with Crippen LogP contribution in [-0.2, 0) is 10.8 Å². The van der Waals surface area contributed by atoms with Gasteiger partial charge in [-0.05, 0) is 52.5 Å². The van der Waals surface area contributed by atoms with Gasteiger partial charge in [0.2, 0.25) is 0 Å². The fourth-order valence-electron chi connectivity index (χ4n) is 2.52. The van der Waals surface area contributed by atoms with E-state index >= 15 is 0 Å². The molecule has 2 nitrogen and oxygen atoms in total. The molecule has 3 heteroatoms. The highest BCUT2D eigenvalue weighted by atomic mass is 32.2. The van der Waals surface area contributed by atoms with Gasteiger partial charge in [0, 0.05) is 21.6 Å². The molecule has 0 aromatic carbocycles. The van der Waals surface area contributed by atoms with Crippen molar-refractivity contribution >= 4 is 10.8 Å². The Kier molecular flexibility index (Phi) is 4.99. The molecule has 0 saturated heterocycles. The van der Waals surface area contributed by atoms with Crippen LogP contribution < -0.4 is 5.32 Å². The van der Waals surface area contributed by atoms with E-state index in [9.17, 15) is 4.21 Å². The molecule has 1 saturated carbocycles. The lowest BCUT2D eigenvalue weighted by molar-refractivity contribution is 0.315. The van der Waals surface area contributed by atoms with Crippen LogP contribution in [0.15, 0.2) is 0 Å². The van der Waals surface area contributed by atoms with Crippen LogP contribution in [0.5, 0.6) is 0 Å². The molecule has 0 aliphatic heterocycles. The van der Waals surface area contributed by atoms with E-state index in [0.717, 1.165) is 18.9 Å². The first-order chi connectivity index (χ1) is 7.36. The van der Waals surface area contributed by atoms with Crippen molar-refractivity contribution in [2.75, 3.05) is 6.54 Å². The maximum absolute atomic E-state index is 12.5. The Morgan fingerprint density at radius 2 is 1.94 bits per heavy atom. The summed E-state index contributed by atoms with van der Waals surface area (Å²) in [6.45, 7) is 11.7. The summed E-state index contributed by atoms with van der Waals surface area (Å²) < 4.78 is 12.4. The summed E-state index contributed by atoms with van der Waals surface area (Å²) in [5.74, 6) is 0.728. The lowest BCUT2D eigenvalue weighted by atomic mass is 9.87. The molecule has 0 radical (unpaired) electrons. The van der Waals surface area contributed by atoms with Crippen molar-refractivity contribution in [3.05, 3.63) is 0 Å². The van der Waals surface area contributed by atoms with Crippen molar-refractivity contribution in [1.82, 2.24) is 5.32 Å². The quantitative estimate of drug-likeness (QED) is 0.828. The molecule has 16 heavy (non-hydrogen) atoms. The molecule has 0 aromatic rings. The van der Waals surface area contributed by atoms with Gasteiger partial charge in [0.15, 0.2) is 0 Å². The smallest absolute Gasteiger partial charge is 0.0509 e. The second-order valence-electron chi connectivity index (χ2n) is 6.03. The highest BCUT2D eigenvalue weighted by molar-refractivity contribution is 7.87. The molecule has 0 amide bonds. The molecular formula is C13H27NOS. The van der Waals surface area contributed by atoms with Gasteiger partial charge in [-0.1, -0.05) is 13.8 Å². The van der Waals surface area contributed by atoms with Crippen molar-refractivity contribution in [3.8, 4) is 0 Å². The Balaban J connectivity index is 2.75. The van der Waals surface area contributed by atoms with Crippen LogP contribution >= 0.6 is 0 Å². The van der Waals surface area contributed by atoms with E-state index in [4.69, 9.17) is 0 Å². The average Bonchev–Trinajstić information content (AvgIpc) is 2.18. The third kappa shape index (κ3) is 3.56. The monoisotopic (exact) mass is 245 g/mol. The second kappa shape index (κ2) is 5.63. The van der Waals surface area contributed by atoms with Gasteiger partial charge >= 0.3 is 0 Å². The third-order valence-corrected chi connectivity index (χ3v) is 5.68. The lowest BCUT2D eigenvalue weighted by Gasteiger charge is -2.38. The van der Waals surface area contributed by atoms with Crippen molar-refractivity contribution < 1.29 is 4.21 Å². The highest BCUT2D eigenvalue weighted by Gasteiger charge is 2.36. The van der Waals surface area contributed by atoms with E-state index in [-0.39, 0.29) is 4.75 Å². The summed E-state index contributed by atoms with van der Waals surface area (Å²) >= 11 is 0. The molecule has 1 fully saturated rings. The minimum atomic E-state index is -0.739. The lowest BCUT2D eigenvalue weighted by Crippen LogP contribution is -2.49. The van der Waals surface area contributed by atoms with Crippen LogP contribution in [0.25, 0.3) is 0 Å². The minimum absolute atomic E-state index is 0.0879. The first-order valence-corrected chi connectivity index (χ1v) is 7.71. The molecule has 96 valence electrons. The summed E-state index contributed by atoms with van der Waals surface area (Å²) in [5.41, 5.74) is 0. The zero-order valence-electron chi connectivity index (χ0n) is 11.4. The number of hydrogen-bond acceptors (Lipinski definition) is 2. The largest absolute Gasteiger partial charge is 0.313 e. The molecule has 0 heterocycles. The number of hydrogen-bond donors (Lipinski definition) is 1. The highest BCUT2D eigenvalue weighted by Crippen LogP contribution is 2.31. The molecular weight excluding hydrogens is 218 g/mol. The maximum atomic E-state index is 12.5. The molecule has 1 N–H and O–H groups in total. The predicted molar refractivity (Wildman–Crippen MR) is 72.2 cm³/mol. The van der Waals surface area contributed by atoms with Crippen molar-refractivity contribution in [2.24, 2.45) is 5.92 Å². The van der Waals surface area contributed by atoms with Gasteiger partial charge in [0.25, 0.3) is 0 Å². The molecule has 4 atom stereocenters. The summed E-state index contributed by atoms with van der Waals surface area (Å²) in [6.07, 6.45) is 3.57. The van der Waals surface area contributed by atoms with Crippen molar-refractivity contribution in [3.63, 3.8) is 0 Å². The van der Waals surface area contributed by atoms with Crippen LogP contribution in [-0.4, -0.2) is 26.8 Å². The summed E-state index contributed by atoms with van der Waals surface area (Å²) in [6, 6.07) is 0.459. The summed E-state index contributed by atoms with van der Waals surface area (Å²) in [4.78, 5) is 0. The van der Waals surface area contributed by atoms with E-state index in [2.05, 4.69) is 39.9 Å². The van der Waals surface area contributed by atoms with Gasteiger partial charge in [-0.25, -0.2) is 0 Å². The molecule has 0 aromatic heterocycles. The van der Waals surface area contributed by atoms with Gasteiger partial charge in [0.1, 0.15) is 0 Å². The van der Waals surface area contributed by atoms with E-state index < -0.39 is 10.8 Å². The van der Waals surface area contributed by atoms with Crippen LogP contribution in [0.2, 0.25) is 0 Å². The van der Waals surface area contributed by atoms with E-state index in [1.54, 1.807) is 0 Å². The Morgan fingerprint density at radius 1 is 1.31 bits per heavy atom. The van der Waals surface area contributed by atoms with Gasteiger partial charge in [0.05, 0.1) is 5.25 Å². The van der Waals surface area contributed by atoms with Gasteiger partial charge in [-0.3, -0.25) is 4.21 Å². The van der Waals surface area contributed by atoms with E-state index in [0.29, 0.717) is 11.3 Å². The topological polar surface area (TPSA) is 29.1 Å². The third-order valence-electron chi connectivity index (χ3n) is 3.40. The predicted octanol–water partition coefficient (Wildman–Crippen LogP) is 2.70. The normalized spacial score (nSPS) is 33.7. The SMILES string of the molecule is CCNC1CCC(C)CC1S(=O)C(C)(C)C. The Labute approximate surface area is 103 Å². The molecule has 4 unspecified atom stereocenters. The zero-order valence-corrected chi connectivity index (χ0v) is 12.2. The Bertz CT molecular complexity index is 247. The van der Waals surface area contributed by atoms with Crippen LogP contribution in [0.1, 0.15) is 53.9 Å². The maximum Gasteiger partial charge on any atom is 0.0509 e. The Morgan fingerprint density at radius 3 is 2.44 bits per heavy atom. The molecule has 1 rings (SSSR count). The minimum Gasteiger partial charge on any atom is -0.313 e. The molecule has 1 aliphatic carbocycles. The summed E-state index contributed by atoms with van der Waals surface area (Å²) in [5, 5.41) is 3.85. The standard InChI is InChI=1S/C13H27NOS/c1-6-14-11-8-7-10(2)9-12(11)16(15)13(3,4)5/h10-12,14H,6-9H2,1-5H3. The Hall–Kier alpha value is 0.110. The van der Waals surface area contributed by atoms with Crippen LogP contribution in [0, 0.1) is 5.92 Å². The van der Waals surface area contributed by atoms with E-state index in [1.165, 1.54) is 12.8 Å². The fraction of sp³-hybridized carbons (Fsp3) is 1.00. The zero-order chi connectivity index (χ0) is 12.3. The van der Waals surface area contributed by atoms with Crippen molar-refractivity contribution in [1.29, 1.82) is 0 Å². The van der Waals surface area contributed by atoms with E-state index in [1.807, 2.05) is 0 Å². The first kappa shape index (κ1) is 14.2. The second-order valence-corrected chi connectivity index (χ2v) is 8.46. The van der Waals surface area contributed by atoms with Crippen LogP contribution in [0.3, 0.4) is 0 Å². The number of nitrogens with one attached hydrogen (secondary N) is 1. The van der Waals surface area contributed by atoms with Crippen molar-refractivity contribution in [2.45, 2.75) is 69.9 Å². The van der Waals surface area contributed by atoms with Crippen LogP contribution in [0.4, 0.5) is 0 Å². The average molecular weight is 245 g/mol. The molecule has 0 spiro atoms. The van der Waals surface area contributed by atoms with Gasteiger partial charge in [-0.15, -0.1) is 0 Å². The molecule has 0 bridgehead atoms. The fourth-order valence-corrected chi connectivity index (χ4v) is 4.46. The number of rotatable bonds is 3. The first-order valence-electron chi connectivity index (χ1n) is 6.50. The van der Waals surface area contributed by atoms with Gasteiger partial charge < -0.3 is 5.32 Å². The molecule has 1 aliphatic rings.